The summed E-state index contributed by atoms with van der Waals surface area (Å²) in [5.41, 5.74) is 2.88. The van der Waals surface area contributed by atoms with Crippen molar-refractivity contribution < 1.29 is 0 Å². The van der Waals surface area contributed by atoms with Crippen LogP contribution in [0.5, 0.6) is 0 Å². The highest BCUT2D eigenvalue weighted by molar-refractivity contribution is 5.81. The number of nitrogens with one attached hydrogen (secondary N) is 2. The predicted molar refractivity (Wildman–Crippen MR) is 78.9 cm³/mol. The van der Waals surface area contributed by atoms with Crippen molar-refractivity contribution in [1.29, 1.82) is 0 Å². The number of rotatable bonds is 3. The molecule has 0 spiro atoms. The highest BCUT2D eigenvalue weighted by Gasteiger charge is 2.16. The minimum Gasteiger partial charge on any atom is -0.314 e. The van der Waals surface area contributed by atoms with Gasteiger partial charge in [-0.2, -0.15) is 5.10 Å². The number of hydrogen-bond acceptors (Lipinski definition) is 4. The second-order valence-corrected chi connectivity index (χ2v) is 5.31. The summed E-state index contributed by atoms with van der Waals surface area (Å²) in [5, 5.41) is 8.97. The predicted octanol–water partition coefficient (Wildman–Crippen LogP) is 0.458. The maximum atomic E-state index is 11.9. The first-order valence-corrected chi connectivity index (χ1v) is 7.21. The van der Waals surface area contributed by atoms with Crippen LogP contribution in [0.4, 0.5) is 0 Å². The van der Waals surface area contributed by atoms with Crippen molar-refractivity contribution in [2.75, 3.05) is 26.2 Å². The zero-order chi connectivity index (χ0) is 14.1. The first-order valence-electron chi connectivity index (χ1n) is 7.21. The topological polar surface area (TPSA) is 66.0 Å². The van der Waals surface area contributed by atoms with Crippen LogP contribution in [0.1, 0.15) is 18.2 Å². The molecular weight excluding hydrogens is 254 g/mol. The number of H-pyrrole nitrogens is 1. The van der Waals surface area contributed by atoms with E-state index in [-0.39, 0.29) is 5.56 Å². The van der Waals surface area contributed by atoms with Crippen LogP contribution in [-0.4, -0.2) is 45.8 Å². The summed E-state index contributed by atoms with van der Waals surface area (Å²) in [6.07, 6.45) is 0. The van der Waals surface area contributed by atoms with Gasteiger partial charge >= 0.3 is 0 Å². The Bertz CT molecular complexity index is 666. The lowest BCUT2D eigenvalue weighted by molar-refractivity contribution is 0.234. The smallest absolute Gasteiger partial charge is 0.249 e. The fourth-order valence-electron chi connectivity index (χ4n) is 2.94. The second-order valence-electron chi connectivity index (χ2n) is 5.31. The van der Waals surface area contributed by atoms with Crippen LogP contribution in [0.25, 0.3) is 11.0 Å². The molecule has 3 heterocycles. The molecule has 0 radical (unpaired) electrons. The van der Waals surface area contributed by atoms with Crippen LogP contribution in [0, 0.1) is 6.92 Å². The Labute approximate surface area is 117 Å². The molecule has 2 N–H and O–H groups in total. The first kappa shape index (κ1) is 13.3. The molecular formula is C14H21N5O. The molecule has 0 amide bonds. The van der Waals surface area contributed by atoms with E-state index < -0.39 is 0 Å². The Balaban J connectivity index is 2.04. The Hall–Kier alpha value is -1.66. The molecule has 2 aromatic heterocycles. The number of fused-ring (bicyclic) bond motifs is 1. The van der Waals surface area contributed by atoms with E-state index in [0.29, 0.717) is 0 Å². The van der Waals surface area contributed by atoms with Crippen molar-refractivity contribution in [1.82, 2.24) is 25.0 Å². The van der Waals surface area contributed by atoms with Gasteiger partial charge in [0.1, 0.15) is 5.65 Å². The first-order chi connectivity index (χ1) is 9.69. The van der Waals surface area contributed by atoms with Crippen molar-refractivity contribution in [2.24, 2.45) is 0 Å². The van der Waals surface area contributed by atoms with Crippen molar-refractivity contribution in [3.63, 3.8) is 0 Å². The van der Waals surface area contributed by atoms with Crippen molar-refractivity contribution in [3.05, 3.63) is 27.7 Å². The Morgan fingerprint density at radius 2 is 2.10 bits per heavy atom. The minimum absolute atomic E-state index is 0.0442. The third-order valence-corrected chi connectivity index (χ3v) is 3.90. The molecule has 1 aliphatic rings. The molecule has 2 aromatic rings. The van der Waals surface area contributed by atoms with Gasteiger partial charge in [0.2, 0.25) is 5.56 Å². The maximum absolute atomic E-state index is 11.9. The van der Waals surface area contributed by atoms with Crippen molar-refractivity contribution >= 4 is 11.0 Å². The SMILES string of the molecule is CCn1nc(C)c2c(CN3CCNCC3)cc(=O)[nH]c21. The van der Waals surface area contributed by atoms with Crippen LogP contribution in [0.3, 0.4) is 0 Å². The van der Waals surface area contributed by atoms with Gasteiger partial charge in [-0.25, -0.2) is 4.68 Å². The van der Waals surface area contributed by atoms with Crippen LogP contribution >= 0.6 is 0 Å². The van der Waals surface area contributed by atoms with E-state index >= 15 is 0 Å². The van der Waals surface area contributed by atoms with Crippen LogP contribution in [0.15, 0.2) is 10.9 Å². The van der Waals surface area contributed by atoms with E-state index in [4.69, 9.17) is 0 Å². The maximum Gasteiger partial charge on any atom is 0.249 e. The summed E-state index contributed by atoms with van der Waals surface area (Å²) in [5.74, 6) is 0. The Kier molecular flexibility index (Phi) is 3.58. The summed E-state index contributed by atoms with van der Waals surface area (Å²) in [4.78, 5) is 17.2. The molecule has 3 rings (SSSR count). The minimum atomic E-state index is -0.0442. The third-order valence-electron chi connectivity index (χ3n) is 3.90. The lowest BCUT2D eigenvalue weighted by Gasteiger charge is -2.27. The standard InChI is InChI=1S/C14H21N5O/c1-3-19-14-13(10(2)17-19)11(8-12(20)16-14)9-18-6-4-15-5-7-18/h8,15H,3-7,9H2,1-2H3,(H,16,20). The van der Waals surface area contributed by atoms with Gasteiger partial charge in [-0.3, -0.25) is 9.69 Å². The van der Waals surface area contributed by atoms with E-state index in [1.807, 2.05) is 18.5 Å². The quantitative estimate of drug-likeness (QED) is 0.854. The van der Waals surface area contributed by atoms with E-state index in [1.54, 1.807) is 6.07 Å². The van der Waals surface area contributed by atoms with Gasteiger partial charge < -0.3 is 10.3 Å². The molecule has 0 atom stereocenters. The zero-order valence-electron chi connectivity index (χ0n) is 12.1. The molecule has 0 bridgehead atoms. The average Bonchev–Trinajstić information content (AvgIpc) is 2.76. The normalized spacial score (nSPS) is 16.9. The number of hydrogen-bond donors (Lipinski definition) is 2. The van der Waals surface area contributed by atoms with Gasteiger partial charge in [0.05, 0.1) is 5.69 Å². The number of aryl methyl sites for hydroxylation is 2. The van der Waals surface area contributed by atoms with Crippen molar-refractivity contribution in [3.8, 4) is 0 Å². The fourth-order valence-corrected chi connectivity index (χ4v) is 2.94. The molecule has 0 saturated carbocycles. The number of aromatic nitrogens is 3. The van der Waals surface area contributed by atoms with Gasteiger partial charge in [-0.1, -0.05) is 0 Å². The van der Waals surface area contributed by atoms with E-state index in [0.717, 1.165) is 61.6 Å². The monoisotopic (exact) mass is 275 g/mol. The molecule has 6 nitrogen and oxygen atoms in total. The largest absolute Gasteiger partial charge is 0.314 e. The Morgan fingerprint density at radius 1 is 1.35 bits per heavy atom. The summed E-state index contributed by atoms with van der Waals surface area (Å²) in [7, 11) is 0. The molecule has 108 valence electrons. The van der Waals surface area contributed by atoms with Crippen LogP contribution in [0.2, 0.25) is 0 Å². The summed E-state index contributed by atoms with van der Waals surface area (Å²) in [6.45, 7) is 9.69. The lowest BCUT2D eigenvalue weighted by atomic mass is 10.1. The number of piperazine rings is 1. The fraction of sp³-hybridized carbons (Fsp3) is 0.571. The zero-order valence-corrected chi connectivity index (χ0v) is 12.1. The summed E-state index contributed by atoms with van der Waals surface area (Å²) >= 11 is 0. The molecule has 1 fully saturated rings. The average molecular weight is 275 g/mol. The van der Waals surface area contributed by atoms with Crippen LogP contribution < -0.4 is 10.9 Å². The van der Waals surface area contributed by atoms with Gasteiger partial charge in [0.25, 0.3) is 0 Å². The second kappa shape index (κ2) is 5.38. The molecule has 0 aromatic carbocycles. The van der Waals surface area contributed by atoms with E-state index in [2.05, 4.69) is 20.3 Å². The molecule has 1 saturated heterocycles. The number of nitrogens with zero attached hydrogens (tertiary/aromatic N) is 3. The van der Waals surface area contributed by atoms with Gasteiger partial charge in [-0.15, -0.1) is 0 Å². The molecule has 0 aliphatic carbocycles. The molecule has 1 aliphatic heterocycles. The van der Waals surface area contributed by atoms with Gasteiger partial charge in [0.15, 0.2) is 0 Å². The summed E-state index contributed by atoms with van der Waals surface area (Å²) in [6, 6.07) is 1.72. The highest BCUT2D eigenvalue weighted by atomic mass is 16.1. The van der Waals surface area contributed by atoms with Gasteiger partial charge in [-0.05, 0) is 19.4 Å². The lowest BCUT2D eigenvalue weighted by Crippen LogP contribution is -2.43. The molecule has 0 unspecified atom stereocenters. The number of aromatic amines is 1. The van der Waals surface area contributed by atoms with Crippen molar-refractivity contribution in [2.45, 2.75) is 26.9 Å². The number of pyridine rings is 1. The van der Waals surface area contributed by atoms with E-state index in [1.165, 1.54) is 0 Å². The molecule has 20 heavy (non-hydrogen) atoms. The highest BCUT2D eigenvalue weighted by Crippen LogP contribution is 2.20. The molecule has 6 heteroatoms. The van der Waals surface area contributed by atoms with Gasteiger partial charge in [0, 0.05) is 50.7 Å². The Morgan fingerprint density at radius 3 is 2.80 bits per heavy atom. The third kappa shape index (κ3) is 2.36. The van der Waals surface area contributed by atoms with E-state index in [9.17, 15) is 4.79 Å². The van der Waals surface area contributed by atoms with Crippen LogP contribution in [-0.2, 0) is 13.1 Å². The summed E-state index contributed by atoms with van der Waals surface area (Å²) < 4.78 is 1.87.